The second-order valence-corrected chi connectivity index (χ2v) is 7.93. The first-order valence-corrected chi connectivity index (χ1v) is 8.29. The van der Waals surface area contributed by atoms with Crippen LogP contribution in [0.2, 0.25) is 0 Å². The summed E-state index contributed by atoms with van der Waals surface area (Å²) in [6, 6.07) is 1.03. The van der Waals surface area contributed by atoms with Gasteiger partial charge in [-0.1, -0.05) is 13.8 Å². The molecule has 1 unspecified atom stereocenters. The molecule has 1 aromatic heterocycles. The van der Waals surface area contributed by atoms with Gasteiger partial charge < -0.3 is 5.11 Å². The van der Waals surface area contributed by atoms with Crippen molar-refractivity contribution < 1.29 is 18.3 Å². The van der Waals surface area contributed by atoms with Gasteiger partial charge in [0.2, 0.25) is 10.0 Å². The van der Waals surface area contributed by atoms with Crippen LogP contribution >= 0.6 is 11.3 Å². The standard InChI is InChI=1S/C12H19NO4S2/c1-7(2)5-8(3)13-19(16,17)11-6-10(12(14)15)18-9(11)4/h6-8,13H,5H2,1-4H3,(H,14,15). The Morgan fingerprint density at radius 3 is 2.42 bits per heavy atom. The number of aryl methyl sites for hydroxylation is 1. The van der Waals surface area contributed by atoms with E-state index in [9.17, 15) is 13.2 Å². The Kier molecular flexibility index (Phi) is 5.11. The fourth-order valence-corrected chi connectivity index (χ4v) is 4.61. The summed E-state index contributed by atoms with van der Waals surface area (Å²) >= 11 is 0.972. The van der Waals surface area contributed by atoms with Gasteiger partial charge in [-0.2, -0.15) is 0 Å². The summed E-state index contributed by atoms with van der Waals surface area (Å²) < 4.78 is 26.9. The normalized spacial score (nSPS) is 13.7. The molecule has 108 valence electrons. The maximum Gasteiger partial charge on any atom is 0.345 e. The molecule has 19 heavy (non-hydrogen) atoms. The predicted molar refractivity (Wildman–Crippen MR) is 75.3 cm³/mol. The van der Waals surface area contributed by atoms with Gasteiger partial charge >= 0.3 is 5.97 Å². The van der Waals surface area contributed by atoms with Crippen LogP contribution in [0.25, 0.3) is 0 Å². The van der Waals surface area contributed by atoms with Crippen LogP contribution in [-0.4, -0.2) is 25.5 Å². The molecule has 2 N–H and O–H groups in total. The highest BCUT2D eigenvalue weighted by Gasteiger charge is 2.23. The smallest absolute Gasteiger partial charge is 0.345 e. The molecule has 0 aromatic carbocycles. The number of rotatable bonds is 6. The van der Waals surface area contributed by atoms with E-state index in [2.05, 4.69) is 4.72 Å². The topological polar surface area (TPSA) is 83.5 Å². The average molecular weight is 305 g/mol. The van der Waals surface area contributed by atoms with Crippen molar-refractivity contribution in [1.29, 1.82) is 0 Å². The molecular weight excluding hydrogens is 286 g/mol. The van der Waals surface area contributed by atoms with E-state index in [1.165, 1.54) is 6.07 Å². The predicted octanol–water partition coefficient (Wildman–Crippen LogP) is 2.47. The van der Waals surface area contributed by atoms with Crippen molar-refractivity contribution in [1.82, 2.24) is 4.72 Å². The van der Waals surface area contributed by atoms with Crippen LogP contribution < -0.4 is 4.72 Å². The summed E-state index contributed by atoms with van der Waals surface area (Å²) in [7, 11) is -3.65. The average Bonchev–Trinajstić information content (AvgIpc) is 2.58. The highest BCUT2D eigenvalue weighted by atomic mass is 32.2. The summed E-state index contributed by atoms with van der Waals surface area (Å²) in [6.07, 6.45) is 0.730. The molecule has 7 heteroatoms. The van der Waals surface area contributed by atoms with Crippen molar-refractivity contribution in [3.8, 4) is 0 Å². The lowest BCUT2D eigenvalue weighted by Crippen LogP contribution is -2.33. The lowest BCUT2D eigenvalue weighted by molar-refractivity contribution is 0.0702. The zero-order valence-electron chi connectivity index (χ0n) is 11.4. The van der Waals surface area contributed by atoms with Crippen LogP contribution in [0, 0.1) is 12.8 Å². The minimum Gasteiger partial charge on any atom is -0.477 e. The first-order chi connectivity index (χ1) is 8.63. The molecule has 5 nitrogen and oxygen atoms in total. The minimum atomic E-state index is -3.65. The molecule has 0 saturated heterocycles. The lowest BCUT2D eigenvalue weighted by atomic mass is 10.1. The van der Waals surface area contributed by atoms with Crippen LogP contribution in [0.5, 0.6) is 0 Å². The van der Waals surface area contributed by atoms with Crippen molar-refractivity contribution in [3.63, 3.8) is 0 Å². The first-order valence-electron chi connectivity index (χ1n) is 5.99. The van der Waals surface area contributed by atoms with Crippen molar-refractivity contribution in [3.05, 3.63) is 15.8 Å². The zero-order valence-corrected chi connectivity index (χ0v) is 13.1. The van der Waals surface area contributed by atoms with Gasteiger partial charge in [0, 0.05) is 10.9 Å². The number of sulfonamides is 1. The molecule has 0 bridgehead atoms. The highest BCUT2D eigenvalue weighted by Crippen LogP contribution is 2.26. The van der Waals surface area contributed by atoms with Crippen LogP contribution in [-0.2, 0) is 10.0 Å². The van der Waals surface area contributed by atoms with Gasteiger partial charge in [-0.3, -0.25) is 0 Å². The van der Waals surface area contributed by atoms with E-state index in [4.69, 9.17) is 5.11 Å². The molecule has 0 saturated carbocycles. The third-order valence-corrected chi connectivity index (χ3v) is 5.44. The lowest BCUT2D eigenvalue weighted by Gasteiger charge is -2.15. The Morgan fingerprint density at radius 2 is 2.00 bits per heavy atom. The molecule has 1 aromatic rings. The number of aromatic carboxylic acids is 1. The SMILES string of the molecule is Cc1sc(C(=O)O)cc1S(=O)(=O)NC(C)CC(C)C. The monoisotopic (exact) mass is 305 g/mol. The third kappa shape index (κ3) is 4.29. The maximum absolute atomic E-state index is 12.2. The minimum absolute atomic E-state index is 0.0365. The highest BCUT2D eigenvalue weighted by molar-refractivity contribution is 7.89. The van der Waals surface area contributed by atoms with Crippen LogP contribution in [0.4, 0.5) is 0 Å². The van der Waals surface area contributed by atoms with Gasteiger partial charge in [0.25, 0.3) is 0 Å². The van der Waals surface area contributed by atoms with Crippen molar-refractivity contribution in [2.45, 2.75) is 45.1 Å². The molecule has 1 heterocycles. The summed E-state index contributed by atoms with van der Waals surface area (Å²) in [4.78, 5) is 11.4. The number of thiophene rings is 1. The zero-order chi connectivity index (χ0) is 14.8. The van der Waals surface area contributed by atoms with Gasteiger partial charge in [-0.25, -0.2) is 17.9 Å². The number of hydrogen-bond acceptors (Lipinski definition) is 4. The fraction of sp³-hybridized carbons (Fsp3) is 0.583. The van der Waals surface area contributed by atoms with Crippen molar-refractivity contribution in [2.75, 3.05) is 0 Å². The number of carboxylic acid groups (broad SMARTS) is 1. The molecule has 1 atom stereocenters. The Bertz CT molecular complexity index is 560. The molecule has 0 fully saturated rings. The van der Waals surface area contributed by atoms with Gasteiger partial charge in [0.1, 0.15) is 4.88 Å². The Morgan fingerprint density at radius 1 is 1.42 bits per heavy atom. The van der Waals surface area contributed by atoms with Crippen LogP contribution in [0.1, 0.15) is 41.7 Å². The molecule has 0 aliphatic heterocycles. The summed E-state index contributed by atoms with van der Waals surface area (Å²) in [6.45, 7) is 7.45. The number of carboxylic acids is 1. The summed E-state index contributed by atoms with van der Waals surface area (Å²) in [5, 5.41) is 8.88. The number of carbonyl (C=O) groups is 1. The quantitative estimate of drug-likeness (QED) is 0.845. The third-order valence-electron chi connectivity index (χ3n) is 2.55. The van der Waals surface area contributed by atoms with Crippen LogP contribution in [0.3, 0.4) is 0 Å². The largest absolute Gasteiger partial charge is 0.477 e. The molecule has 1 rings (SSSR count). The Hall–Kier alpha value is -0.920. The molecule has 0 spiro atoms. The number of hydrogen-bond donors (Lipinski definition) is 2. The van der Waals surface area contributed by atoms with E-state index in [1.807, 2.05) is 13.8 Å². The summed E-state index contributed by atoms with van der Waals surface area (Å²) in [5.74, 6) is -0.722. The molecule has 0 aliphatic rings. The Balaban J connectivity index is 2.97. The van der Waals surface area contributed by atoms with Gasteiger partial charge in [0.05, 0.1) is 4.90 Å². The van der Waals surface area contributed by atoms with Crippen LogP contribution in [0.15, 0.2) is 11.0 Å². The molecule has 0 radical (unpaired) electrons. The van der Waals surface area contributed by atoms with E-state index in [0.29, 0.717) is 10.8 Å². The van der Waals surface area contributed by atoms with E-state index >= 15 is 0 Å². The number of nitrogens with one attached hydrogen (secondary N) is 1. The maximum atomic E-state index is 12.2. The summed E-state index contributed by atoms with van der Waals surface area (Å²) in [5.41, 5.74) is 0. The molecular formula is C12H19NO4S2. The van der Waals surface area contributed by atoms with Crippen molar-refractivity contribution in [2.24, 2.45) is 5.92 Å². The van der Waals surface area contributed by atoms with Gasteiger partial charge in [-0.15, -0.1) is 11.3 Å². The first kappa shape index (κ1) is 16.1. The second kappa shape index (κ2) is 6.02. The molecule has 0 amide bonds. The fourth-order valence-electron chi connectivity index (χ4n) is 1.92. The second-order valence-electron chi connectivity index (χ2n) is 4.99. The van der Waals surface area contributed by atoms with E-state index < -0.39 is 16.0 Å². The Labute approximate surface area is 117 Å². The van der Waals surface area contributed by atoms with E-state index in [-0.39, 0.29) is 15.8 Å². The molecule has 0 aliphatic carbocycles. The van der Waals surface area contributed by atoms with Gasteiger partial charge in [-0.05, 0) is 32.3 Å². The van der Waals surface area contributed by atoms with Crippen molar-refractivity contribution >= 4 is 27.3 Å². The van der Waals surface area contributed by atoms with E-state index in [0.717, 1.165) is 17.8 Å². The van der Waals surface area contributed by atoms with E-state index in [1.54, 1.807) is 13.8 Å². The van der Waals surface area contributed by atoms with Gasteiger partial charge in [0.15, 0.2) is 0 Å².